The normalized spacial score (nSPS) is 13.3. The van der Waals surface area contributed by atoms with Crippen molar-refractivity contribution in [2.75, 3.05) is 13.7 Å². The first-order valence-corrected chi connectivity index (χ1v) is 4.83. The maximum atomic E-state index is 11.4. The highest BCUT2D eigenvalue weighted by Gasteiger charge is 2.29. The number of aliphatic carboxylic acids is 1. The fourth-order valence-electron chi connectivity index (χ4n) is 1.11. The molecule has 0 saturated carbocycles. The standard InChI is InChI=1S/C10H19NO4/c1-7(6-15-4)5-8(12)11-10(2,3)9(13)14/h7H,5-6H2,1-4H3,(H,11,12)(H,13,14). The molecule has 0 fully saturated rings. The van der Waals surface area contributed by atoms with Crippen molar-refractivity contribution in [3.05, 3.63) is 0 Å². The molecule has 5 nitrogen and oxygen atoms in total. The lowest BCUT2D eigenvalue weighted by atomic mass is 10.0. The van der Waals surface area contributed by atoms with E-state index in [4.69, 9.17) is 9.84 Å². The highest BCUT2D eigenvalue weighted by Crippen LogP contribution is 2.06. The zero-order valence-electron chi connectivity index (χ0n) is 9.66. The van der Waals surface area contributed by atoms with Gasteiger partial charge in [0, 0.05) is 20.1 Å². The quantitative estimate of drug-likeness (QED) is 0.684. The Morgan fingerprint density at radius 1 is 1.47 bits per heavy atom. The molecule has 0 bridgehead atoms. The Hall–Kier alpha value is -1.10. The highest BCUT2D eigenvalue weighted by atomic mass is 16.5. The van der Waals surface area contributed by atoms with Crippen molar-refractivity contribution in [1.82, 2.24) is 5.32 Å². The topological polar surface area (TPSA) is 75.6 Å². The summed E-state index contributed by atoms with van der Waals surface area (Å²) >= 11 is 0. The molecule has 0 aromatic carbocycles. The van der Waals surface area contributed by atoms with E-state index in [0.717, 1.165) is 0 Å². The van der Waals surface area contributed by atoms with E-state index in [9.17, 15) is 9.59 Å². The van der Waals surface area contributed by atoms with Gasteiger partial charge in [0.05, 0.1) is 0 Å². The average molecular weight is 217 g/mol. The van der Waals surface area contributed by atoms with Crippen LogP contribution in [-0.2, 0) is 14.3 Å². The van der Waals surface area contributed by atoms with Crippen LogP contribution in [0.3, 0.4) is 0 Å². The van der Waals surface area contributed by atoms with Crippen molar-refractivity contribution < 1.29 is 19.4 Å². The van der Waals surface area contributed by atoms with Crippen molar-refractivity contribution in [3.8, 4) is 0 Å². The Labute approximate surface area is 89.8 Å². The van der Waals surface area contributed by atoms with Crippen LogP contribution < -0.4 is 5.32 Å². The second-order valence-electron chi connectivity index (χ2n) is 4.24. The van der Waals surface area contributed by atoms with Crippen LogP contribution in [0.2, 0.25) is 0 Å². The van der Waals surface area contributed by atoms with Crippen LogP contribution in [0.25, 0.3) is 0 Å². The van der Waals surface area contributed by atoms with Crippen molar-refractivity contribution in [2.24, 2.45) is 5.92 Å². The predicted octanol–water partition coefficient (Wildman–Crippen LogP) is 0.638. The molecule has 5 heteroatoms. The molecule has 0 spiro atoms. The third kappa shape index (κ3) is 5.37. The lowest BCUT2D eigenvalue weighted by Crippen LogP contribution is -2.50. The minimum Gasteiger partial charge on any atom is -0.480 e. The lowest BCUT2D eigenvalue weighted by Gasteiger charge is -2.22. The van der Waals surface area contributed by atoms with Crippen LogP contribution in [-0.4, -0.2) is 36.2 Å². The van der Waals surface area contributed by atoms with Gasteiger partial charge in [0.2, 0.25) is 5.91 Å². The summed E-state index contributed by atoms with van der Waals surface area (Å²) in [7, 11) is 1.57. The van der Waals surface area contributed by atoms with Gasteiger partial charge in [0.15, 0.2) is 0 Å². The summed E-state index contributed by atoms with van der Waals surface area (Å²) in [5.41, 5.74) is -1.22. The van der Waals surface area contributed by atoms with Crippen LogP contribution in [0.1, 0.15) is 27.2 Å². The summed E-state index contributed by atoms with van der Waals surface area (Å²) in [5.74, 6) is -1.23. The third-order valence-electron chi connectivity index (χ3n) is 1.97. The van der Waals surface area contributed by atoms with Crippen molar-refractivity contribution in [3.63, 3.8) is 0 Å². The van der Waals surface area contributed by atoms with E-state index in [-0.39, 0.29) is 18.2 Å². The first-order chi connectivity index (χ1) is 6.79. The maximum Gasteiger partial charge on any atom is 0.328 e. The molecule has 0 aromatic heterocycles. The number of methoxy groups -OCH3 is 1. The van der Waals surface area contributed by atoms with Crippen molar-refractivity contribution in [2.45, 2.75) is 32.7 Å². The van der Waals surface area contributed by atoms with E-state index in [1.165, 1.54) is 13.8 Å². The number of rotatable bonds is 6. The monoisotopic (exact) mass is 217 g/mol. The molecular formula is C10H19NO4. The van der Waals surface area contributed by atoms with Gasteiger partial charge >= 0.3 is 5.97 Å². The summed E-state index contributed by atoms with van der Waals surface area (Å²) in [6.45, 7) is 5.26. The molecule has 1 amide bonds. The van der Waals surface area contributed by atoms with Crippen LogP contribution in [0.5, 0.6) is 0 Å². The molecule has 0 radical (unpaired) electrons. The SMILES string of the molecule is COCC(C)CC(=O)NC(C)(C)C(=O)O. The summed E-state index contributed by atoms with van der Waals surface area (Å²) in [4.78, 5) is 22.1. The van der Waals surface area contributed by atoms with Gasteiger partial charge < -0.3 is 15.2 Å². The van der Waals surface area contributed by atoms with Crippen molar-refractivity contribution in [1.29, 1.82) is 0 Å². The van der Waals surface area contributed by atoms with Gasteiger partial charge in [-0.25, -0.2) is 4.79 Å². The van der Waals surface area contributed by atoms with E-state index in [1.54, 1.807) is 7.11 Å². The fourth-order valence-corrected chi connectivity index (χ4v) is 1.11. The number of carbonyl (C=O) groups is 2. The Kier molecular flexibility index (Phi) is 5.28. The molecule has 1 atom stereocenters. The second kappa shape index (κ2) is 5.70. The Balaban J connectivity index is 4.09. The molecule has 88 valence electrons. The van der Waals surface area contributed by atoms with Gasteiger partial charge in [-0.2, -0.15) is 0 Å². The van der Waals surface area contributed by atoms with Crippen molar-refractivity contribution >= 4 is 11.9 Å². The van der Waals surface area contributed by atoms with E-state index < -0.39 is 11.5 Å². The van der Waals surface area contributed by atoms with E-state index in [0.29, 0.717) is 6.61 Å². The van der Waals surface area contributed by atoms with Gasteiger partial charge in [-0.3, -0.25) is 4.79 Å². The molecule has 0 rings (SSSR count). The molecule has 0 aromatic rings. The van der Waals surface area contributed by atoms with Crippen LogP contribution in [0.15, 0.2) is 0 Å². The first kappa shape index (κ1) is 13.9. The Bertz CT molecular complexity index is 238. The van der Waals surface area contributed by atoms with Gasteiger partial charge in [-0.15, -0.1) is 0 Å². The average Bonchev–Trinajstić information content (AvgIpc) is 2.02. The lowest BCUT2D eigenvalue weighted by molar-refractivity contribution is -0.146. The number of carboxylic acids is 1. The van der Waals surface area contributed by atoms with Crippen LogP contribution >= 0.6 is 0 Å². The largest absolute Gasteiger partial charge is 0.480 e. The summed E-state index contributed by atoms with van der Waals surface area (Å²) in [6.07, 6.45) is 0.268. The Morgan fingerprint density at radius 2 is 2.00 bits per heavy atom. The molecule has 0 saturated heterocycles. The molecule has 0 aliphatic carbocycles. The molecule has 0 aliphatic heterocycles. The highest BCUT2D eigenvalue weighted by molar-refractivity contribution is 5.86. The first-order valence-electron chi connectivity index (χ1n) is 4.83. The number of ether oxygens (including phenoxy) is 1. The smallest absolute Gasteiger partial charge is 0.328 e. The van der Waals surface area contributed by atoms with E-state index >= 15 is 0 Å². The summed E-state index contributed by atoms with van der Waals surface area (Å²) in [6, 6.07) is 0. The minimum absolute atomic E-state index is 0.0830. The van der Waals surface area contributed by atoms with E-state index in [1.807, 2.05) is 6.92 Å². The third-order valence-corrected chi connectivity index (χ3v) is 1.97. The zero-order valence-corrected chi connectivity index (χ0v) is 9.66. The fraction of sp³-hybridized carbons (Fsp3) is 0.800. The molecule has 15 heavy (non-hydrogen) atoms. The number of carboxylic acid groups (broad SMARTS) is 1. The molecule has 0 heterocycles. The van der Waals surface area contributed by atoms with E-state index in [2.05, 4.69) is 5.32 Å². The maximum absolute atomic E-state index is 11.4. The minimum atomic E-state index is -1.22. The van der Waals surface area contributed by atoms with Gasteiger partial charge in [0.25, 0.3) is 0 Å². The number of amides is 1. The predicted molar refractivity (Wildman–Crippen MR) is 55.5 cm³/mol. The number of carbonyl (C=O) groups excluding carboxylic acids is 1. The molecule has 2 N–H and O–H groups in total. The van der Waals surface area contributed by atoms with Gasteiger partial charge in [-0.05, 0) is 19.8 Å². The van der Waals surface area contributed by atoms with Gasteiger partial charge in [-0.1, -0.05) is 6.92 Å². The van der Waals surface area contributed by atoms with Crippen LogP contribution in [0, 0.1) is 5.92 Å². The van der Waals surface area contributed by atoms with Gasteiger partial charge in [0.1, 0.15) is 5.54 Å². The Morgan fingerprint density at radius 3 is 2.40 bits per heavy atom. The molecule has 1 unspecified atom stereocenters. The summed E-state index contributed by atoms with van der Waals surface area (Å²) < 4.78 is 4.89. The second-order valence-corrected chi connectivity index (χ2v) is 4.24. The summed E-state index contributed by atoms with van der Waals surface area (Å²) in [5, 5.41) is 11.2. The zero-order chi connectivity index (χ0) is 12.1. The van der Waals surface area contributed by atoms with Crippen LogP contribution in [0.4, 0.5) is 0 Å². The molecular weight excluding hydrogens is 198 g/mol. The number of hydrogen-bond donors (Lipinski definition) is 2. The number of hydrogen-bond acceptors (Lipinski definition) is 3. The number of nitrogens with one attached hydrogen (secondary N) is 1. The molecule has 0 aliphatic rings.